The molecular weight excluding hydrogens is 535 g/mol. The number of ether oxygens (including phenoxy) is 2. The van der Waals surface area contributed by atoms with Crippen LogP contribution < -0.4 is 15.4 Å². The van der Waals surface area contributed by atoms with Gasteiger partial charge in [0.2, 0.25) is 0 Å². The Morgan fingerprint density at radius 3 is 2.83 bits per heavy atom. The smallest absolute Gasteiger partial charge is 0.324 e. The van der Waals surface area contributed by atoms with Crippen molar-refractivity contribution in [3.8, 4) is 17.0 Å². The molecule has 0 bridgehead atoms. The highest BCUT2D eigenvalue weighted by molar-refractivity contribution is 7.23. The molecular formula is C28H29FN6O4S. The number of imidazole rings is 1. The molecule has 0 spiro atoms. The maximum absolute atomic E-state index is 15.3. The highest BCUT2D eigenvalue weighted by atomic mass is 32.1. The molecule has 4 heterocycles. The predicted octanol–water partition coefficient (Wildman–Crippen LogP) is 5.76. The van der Waals surface area contributed by atoms with Crippen molar-refractivity contribution >= 4 is 44.1 Å². The number of anilines is 2. The number of amides is 2. The number of nitrogens with zero attached hydrogens (tertiary/aromatic N) is 4. The highest BCUT2D eigenvalue weighted by Crippen LogP contribution is 2.32. The van der Waals surface area contributed by atoms with Crippen molar-refractivity contribution in [2.45, 2.75) is 19.4 Å². The number of morpholine rings is 1. The van der Waals surface area contributed by atoms with Crippen LogP contribution in [-0.2, 0) is 10.4 Å². The van der Waals surface area contributed by atoms with Gasteiger partial charge in [-0.2, -0.15) is 0 Å². The first-order chi connectivity index (χ1) is 23.5. The zero-order valence-electron chi connectivity index (χ0n) is 30.6. The topological polar surface area (TPSA) is 106 Å². The molecule has 5 aromatic rings. The first-order valence-corrected chi connectivity index (χ1v) is 12.8. The van der Waals surface area contributed by atoms with Crippen molar-refractivity contribution < 1.29 is 36.9 Å². The Morgan fingerprint density at radius 2 is 2.02 bits per heavy atom. The average Bonchev–Trinajstić information content (AvgIpc) is 3.76. The quantitative estimate of drug-likeness (QED) is 0.243. The molecule has 12 heteroatoms. The Morgan fingerprint density at radius 1 is 1.20 bits per heavy atom. The third-order valence-electron chi connectivity index (χ3n) is 5.88. The van der Waals surface area contributed by atoms with Gasteiger partial charge in [0.1, 0.15) is 12.4 Å². The van der Waals surface area contributed by atoms with Gasteiger partial charge in [-0.3, -0.25) is 14.6 Å². The monoisotopic (exact) mass is 574 g/mol. The largest absolute Gasteiger partial charge is 0.492 e. The molecule has 40 heavy (non-hydrogen) atoms. The lowest BCUT2D eigenvalue weighted by molar-refractivity contribution is 0.0322. The lowest BCUT2D eigenvalue weighted by Crippen LogP contribution is -2.38. The number of carbonyl (C=O) groups is 1. The standard InChI is InChI=1S/C28H29FN6O4S/c1-28(2,29)24-16-25(33-39-24)32-26(36)30-19-5-3-18(4-6-19)21-17-35-22-8-7-20(15-23(22)40-27(35)31-21)38-14-11-34-9-12-37-13-10-34/h3-8,15-17H,9-14H2,1-2H3,(H2,30,32,33,36)/i1D3,2D3,9D,10D,12D,13D. The Kier molecular flexibility index (Phi) is 4.61. The van der Waals surface area contributed by atoms with Gasteiger partial charge in [-0.05, 0) is 44.0 Å². The number of aromatic nitrogens is 3. The Labute approximate surface area is 247 Å². The summed E-state index contributed by atoms with van der Waals surface area (Å²) >= 11 is 1.44. The number of nitrogens with one attached hydrogen (secondary N) is 2. The molecule has 2 N–H and O–H groups in total. The van der Waals surface area contributed by atoms with Crippen LogP contribution in [0.15, 0.2) is 59.3 Å². The van der Waals surface area contributed by atoms with E-state index in [1.807, 2.05) is 22.7 Å². The molecule has 208 valence electrons. The van der Waals surface area contributed by atoms with Crippen LogP contribution in [0, 0.1) is 0 Å². The number of rotatable bonds is 8. The minimum absolute atomic E-state index is 0.162. The van der Waals surface area contributed by atoms with E-state index in [4.69, 9.17) is 28.2 Å². The Balaban J connectivity index is 1.07. The minimum atomic E-state index is -3.84. The maximum Gasteiger partial charge on any atom is 0.324 e. The van der Waals surface area contributed by atoms with E-state index in [1.54, 1.807) is 30.3 Å². The number of fused-ring (bicyclic) bond motifs is 3. The van der Waals surface area contributed by atoms with E-state index in [0.717, 1.165) is 20.7 Å². The van der Waals surface area contributed by atoms with Crippen LogP contribution in [0.2, 0.25) is 0 Å². The summed E-state index contributed by atoms with van der Waals surface area (Å²) in [5.41, 5.74) is -1.16. The van der Waals surface area contributed by atoms with Gasteiger partial charge >= 0.3 is 6.03 Å². The van der Waals surface area contributed by atoms with Crippen LogP contribution in [0.4, 0.5) is 20.7 Å². The fraction of sp³-hybridized carbons (Fsp3) is 0.321. The van der Waals surface area contributed by atoms with E-state index in [9.17, 15) is 4.79 Å². The van der Waals surface area contributed by atoms with Gasteiger partial charge in [0, 0.05) is 54.1 Å². The fourth-order valence-corrected chi connectivity index (χ4v) is 4.99. The Bertz CT molecular complexity index is 1970. The van der Waals surface area contributed by atoms with Crippen LogP contribution in [0.3, 0.4) is 0 Å². The molecule has 0 radical (unpaired) electrons. The summed E-state index contributed by atoms with van der Waals surface area (Å²) in [5, 5.41) is 8.19. The molecule has 1 aliphatic heterocycles. The van der Waals surface area contributed by atoms with Gasteiger partial charge < -0.3 is 19.3 Å². The van der Waals surface area contributed by atoms with Crippen molar-refractivity contribution in [2.75, 3.05) is 50.0 Å². The van der Waals surface area contributed by atoms with E-state index in [1.165, 1.54) is 16.2 Å². The molecule has 4 atom stereocenters. The summed E-state index contributed by atoms with van der Waals surface area (Å²) in [6.45, 7) is -11.4. The molecule has 2 aromatic carbocycles. The number of hydrogen-bond donors (Lipinski definition) is 2. The van der Waals surface area contributed by atoms with Crippen LogP contribution in [0.5, 0.6) is 5.75 Å². The lowest BCUT2D eigenvalue weighted by atomic mass is 10.1. The normalized spacial score (nSPS) is 26.2. The predicted molar refractivity (Wildman–Crippen MR) is 152 cm³/mol. The number of halogens is 1. The van der Waals surface area contributed by atoms with Crippen molar-refractivity contribution in [3.05, 3.63) is 60.5 Å². The number of hydrogen-bond acceptors (Lipinski definition) is 8. The SMILES string of the molecule is [2H]C1OC([2H])C([2H])N(CCOc2ccc3c(c2)sc2nc(-c4ccc(NC(=O)Nc5cc(C(F)(C([2H])([2H])[2H])C([2H])([2H])[2H])on5)cc4)cn23)C1[2H]. The van der Waals surface area contributed by atoms with E-state index in [0.29, 0.717) is 23.2 Å². The average molecular weight is 575 g/mol. The lowest BCUT2D eigenvalue weighted by Gasteiger charge is -2.26. The van der Waals surface area contributed by atoms with E-state index in [2.05, 4.69) is 20.3 Å². The van der Waals surface area contributed by atoms with Gasteiger partial charge in [0.25, 0.3) is 0 Å². The van der Waals surface area contributed by atoms with E-state index < -0.39 is 63.2 Å². The number of urea groups is 1. The summed E-state index contributed by atoms with van der Waals surface area (Å²) in [7, 11) is 0. The second kappa shape index (κ2) is 10.9. The number of thiazole rings is 1. The van der Waals surface area contributed by atoms with Gasteiger partial charge in [0.15, 0.2) is 22.2 Å². The summed E-state index contributed by atoms with van der Waals surface area (Å²) in [6.07, 6.45) is 1.87. The molecule has 0 saturated carbocycles. The van der Waals surface area contributed by atoms with Crippen LogP contribution >= 0.6 is 11.3 Å². The zero-order valence-corrected chi connectivity index (χ0v) is 21.4. The second-order valence-corrected chi connectivity index (χ2v) is 9.70. The van der Waals surface area contributed by atoms with Crippen LogP contribution in [0.1, 0.15) is 33.2 Å². The zero-order chi connectivity index (χ0) is 36.2. The van der Waals surface area contributed by atoms with Gasteiger partial charge in [-0.1, -0.05) is 28.6 Å². The van der Waals surface area contributed by atoms with Crippen molar-refractivity contribution in [1.29, 1.82) is 0 Å². The number of alkyl halides is 1. The van der Waals surface area contributed by atoms with Crippen LogP contribution in [0.25, 0.3) is 26.4 Å². The molecule has 10 nitrogen and oxygen atoms in total. The highest BCUT2D eigenvalue weighted by Gasteiger charge is 2.25. The maximum atomic E-state index is 15.3. The molecule has 3 aromatic heterocycles. The van der Waals surface area contributed by atoms with E-state index in [-0.39, 0.29) is 13.2 Å². The molecule has 6 rings (SSSR count). The summed E-state index contributed by atoms with van der Waals surface area (Å²) in [6, 6.07) is 12.1. The van der Waals surface area contributed by atoms with E-state index >= 15 is 4.39 Å². The molecule has 0 aliphatic carbocycles. The number of carbonyl (C=O) groups excluding carboxylic acids is 1. The van der Waals surface area contributed by atoms with Gasteiger partial charge in [-0.25, -0.2) is 14.2 Å². The van der Waals surface area contributed by atoms with Crippen molar-refractivity contribution in [1.82, 2.24) is 19.4 Å². The third kappa shape index (κ3) is 5.79. The first kappa shape index (κ1) is 17.0. The fourth-order valence-electron chi connectivity index (χ4n) is 3.95. The van der Waals surface area contributed by atoms with Crippen molar-refractivity contribution in [2.24, 2.45) is 0 Å². The summed E-state index contributed by atoms with van der Waals surface area (Å²) in [5.74, 6) is -0.878. The molecule has 4 unspecified atom stereocenters. The van der Waals surface area contributed by atoms with Gasteiger partial charge in [-0.15, -0.1) is 0 Å². The molecule has 1 fully saturated rings. The summed E-state index contributed by atoms with van der Waals surface area (Å²) < 4.78 is 110. The number of benzene rings is 2. The first-order valence-electron chi connectivity index (χ1n) is 17.3. The van der Waals surface area contributed by atoms with Crippen LogP contribution in [-0.4, -0.2) is 64.8 Å². The second-order valence-electron chi connectivity index (χ2n) is 8.69. The molecule has 1 aliphatic rings. The van der Waals surface area contributed by atoms with Crippen molar-refractivity contribution in [3.63, 3.8) is 0 Å². The summed E-state index contributed by atoms with van der Waals surface area (Å²) in [4.78, 5) is 19.4. The molecule has 1 saturated heterocycles. The molecule has 2 amide bonds. The Hall–Kier alpha value is -4.00. The third-order valence-corrected chi connectivity index (χ3v) is 6.89. The van der Waals surface area contributed by atoms with Gasteiger partial charge in [0.05, 0.1) is 31.8 Å². The minimum Gasteiger partial charge on any atom is -0.492 e.